The van der Waals surface area contributed by atoms with Crippen molar-refractivity contribution in [2.24, 2.45) is 0 Å². The average molecular weight is 355 g/mol. The highest BCUT2D eigenvalue weighted by molar-refractivity contribution is 6.30. The van der Waals surface area contributed by atoms with E-state index < -0.39 is 5.97 Å². The number of benzene rings is 2. The van der Waals surface area contributed by atoms with Gasteiger partial charge in [-0.05, 0) is 36.4 Å². The van der Waals surface area contributed by atoms with Crippen LogP contribution in [-0.2, 0) is 16.0 Å². The zero-order valence-electron chi connectivity index (χ0n) is 13.4. The van der Waals surface area contributed by atoms with Crippen LogP contribution in [0.15, 0.2) is 48.5 Å². The minimum atomic E-state index is -0.426. The largest absolute Gasteiger partial charge is 0.507 e. The standard InChI is InChI=1S/C19H15ClN2O3/c1-25-19(24)11-17-16(21-14-4-2-3-5-15(14)22-17)10-18(23)12-6-8-13(20)9-7-12/h2-10,23H,11H2,1H3/b18-10-. The lowest BCUT2D eigenvalue weighted by molar-refractivity contribution is -0.139. The highest BCUT2D eigenvalue weighted by Crippen LogP contribution is 2.21. The van der Waals surface area contributed by atoms with Crippen molar-refractivity contribution < 1.29 is 14.6 Å². The zero-order chi connectivity index (χ0) is 17.8. The number of hydrogen-bond acceptors (Lipinski definition) is 5. The van der Waals surface area contributed by atoms with E-state index >= 15 is 0 Å². The molecule has 0 saturated heterocycles. The van der Waals surface area contributed by atoms with E-state index in [1.807, 2.05) is 24.3 Å². The molecular weight excluding hydrogens is 340 g/mol. The number of rotatable bonds is 4. The summed E-state index contributed by atoms with van der Waals surface area (Å²) >= 11 is 5.87. The van der Waals surface area contributed by atoms with Crippen molar-refractivity contribution in [3.63, 3.8) is 0 Å². The van der Waals surface area contributed by atoms with Gasteiger partial charge >= 0.3 is 5.97 Å². The summed E-state index contributed by atoms with van der Waals surface area (Å²) in [7, 11) is 1.32. The highest BCUT2D eigenvalue weighted by Gasteiger charge is 2.13. The van der Waals surface area contributed by atoms with Crippen LogP contribution in [0.25, 0.3) is 22.9 Å². The summed E-state index contributed by atoms with van der Waals surface area (Å²) in [5, 5.41) is 11.0. The Labute approximate surface area is 149 Å². The number of aliphatic hydroxyl groups excluding tert-OH is 1. The lowest BCUT2D eigenvalue weighted by Gasteiger charge is -2.07. The topological polar surface area (TPSA) is 72.3 Å². The van der Waals surface area contributed by atoms with Gasteiger partial charge in [0, 0.05) is 16.7 Å². The van der Waals surface area contributed by atoms with Gasteiger partial charge in [0.15, 0.2) is 0 Å². The van der Waals surface area contributed by atoms with Gasteiger partial charge in [0.05, 0.1) is 36.0 Å². The van der Waals surface area contributed by atoms with Crippen molar-refractivity contribution in [3.8, 4) is 0 Å². The number of methoxy groups -OCH3 is 1. The fraction of sp³-hybridized carbons (Fsp3) is 0.105. The molecular formula is C19H15ClN2O3. The molecule has 1 aromatic heterocycles. The van der Waals surface area contributed by atoms with E-state index in [-0.39, 0.29) is 12.2 Å². The molecule has 3 aromatic rings. The molecule has 0 unspecified atom stereocenters. The van der Waals surface area contributed by atoms with Crippen LogP contribution in [-0.4, -0.2) is 28.2 Å². The molecule has 0 saturated carbocycles. The van der Waals surface area contributed by atoms with Crippen LogP contribution in [0, 0.1) is 0 Å². The lowest BCUT2D eigenvalue weighted by Crippen LogP contribution is -2.09. The van der Waals surface area contributed by atoms with Crippen LogP contribution in [0.1, 0.15) is 17.0 Å². The van der Waals surface area contributed by atoms with E-state index in [0.717, 1.165) is 0 Å². The summed E-state index contributed by atoms with van der Waals surface area (Å²) in [5.41, 5.74) is 2.78. The first kappa shape index (κ1) is 16.9. The summed E-state index contributed by atoms with van der Waals surface area (Å²) < 4.78 is 4.72. The molecule has 3 rings (SSSR count). The molecule has 0 aliphatic heterocycles. The van der Waals surface area contributed by atoms with Crippen molar-refractivity contribution >= 4 is 40.4 Å². The van der Waals surface area contributed by atoms with E-state index in [4.69, 9.17) is 16.3 Å². The molecule has 0 spiro atoms. The van der Waals surface area contributed by atoms with E-state index in [1.165, 1.54) is 13.2 Å². The lowest BCUT2D eigenvalue weighted by atomic mass is 10.1. The second kappa shape index (κ2) is 7.32. The van der Waals surface area contributed by atoms with E-state index in [9.17, 15) is 9.90 Å². The molecule has 6 heteroatoms. The third-order valence-electron chi connectivity index (χ3n) is 3.63. The molecule has 0 bridgehead atoms. The number of nitrogens with zero attached hydrogens (tertiary/aromatic N) is 2. The molecule has 25 heavy (non-hydrogen) atoms. The highest BCUT2D eigenvalue weighted by atomic mass is 35.5. The molecule has 126 valence electrons. The third-order valence-corrected chi connectivity index (χ3v) is 3.88. The summed E-state index contributed by atoms with van der Waals surface area (Å²) in [6.07, 6.45) is 1.45. The fourth-order valence-electron chi connectivity index (χ4n) is 2.34. The quantitative estimate of drug-likeness (QED) is 0.565. The normalized spacial score (nSPS) is 11.5. The fourth-order valence-corrected chi connectivity index (χ4v) is 2.46. The molecule has 0 aliphatic carbocycles. The Bertz CT molecular complexity index is 953. The van der Waals surface area contributed by atoms with Crippen LogP contribution < -0.4 is 0 Å². The average Bonchev–Trinajstić information content (AvgIpc) is 2.62. The molecule has 0 amide bonds. The van der Waals surface area contributed by atoms with Crippen LogP contribution in [0.4, 0.5) is 0 Å². The van der Waals surface area contributed by atoms with Gasteiger partial charge in [0.2, 0.25) is 0 Å². The Morgan fingerprint density at radius 3 is 2.40 bits per heavy atom. The molecule has 1 N–H and O–H groups in total. The Morgan fingerprint density at radius 2 is 1.76 bits per heavy atom. The van der Waals surface area contributed by atoms with Crippen LogP contribution >= 0.6 is 11.6 Å². The summed E-state index contributed by atoms with van der Waals surface area (Å²) in [6.45, 7) is 0. The van der Waals surface area contributed by atoms with Crippen molar-refractivity contribution in [1.82, 2.24) is 9.97 Å². The maximum absolute atomic E-state index is 11.7. The zero-order valence-corrected chi connectivity index (χ0v) is 14.2. The number of carbonyl (C=O) groups excluding carboxylic acids is 1. The van der Waals surface area contributed by atoms with Crippen molar-refractivity contribution in [1.29, 1.82) is 0 Å². The van der Waals surface area contributed by atoms with Gasteiger partial charge in [0.25, 0.3) is 0 Å². The SMILES string of the molecule is COC(=O)Cc1nc2ccccc2nc1/C=C(\O)c1ccc(Cl)cc1. The predicted octanol–water partition coefficient (Wildman–Crippen LogP) is 4.05. The van der Waals surface area contributed by atoms with Gasteiger partial charge < -0.3 is 9.84 Å². The number of carbonyl (C=O) groups is 1. The Hall–Kier alpha value is -2.92. The van der Waals surface area contributed by atoms with E-state index in [1.54, 1.807) is 24.3 Å². The molecule has 0 aliphatic rings. The molecule has 0 fully saturated rings. The van der Waals surface area contributed by atoms with Gasteiger partial charge in [-0.2, -0.15) is 0 Å². The first-order valence-electron chi connectivity index (χ1n) is 7.56. The van der Waals surface area contributed by atoms with Gasteiger partial charge in [0.1, 0.15) is 5.76 Å². The molecule has 2 aromatic carbocycles. The molecule has 0 atom stereocenters. The van der Waals surface area contributed by atoms with Crippen LogP contribution in [0.3, 0.4) is 0 Å². The Balaban J connectivity index is 2.08. The number of aromatic nitrogens is 2. The molecule has 5 nitrogen and oxygen atoms in total. The number of halogens is 1. The number of aliphatic hydroxyl groups is 1. The van der Waals surface area contributed by atoms with Gasteiger partial charge in [-0.1, -0.05) is 23.7 Å². The van der Waals surface area contributed by atoms with E-state index in [0.29, 0.717) is 33.0 Å². The van der Waals surface area contributed by atoms with Gasteiger partial charge in [-0.3, -0.25) is 4.79 Å². The number of esters is 1. The third kappa shape index (κ3) is 3.95. The predicted molar refractivity (Wildman–Crippen MR) is 97.2 cm³/mol. The second-order valence-electron chi connectivity index (χ2n) is 5.33. The number of para-hydroxylation sites is 2. The van der Waals surface area contributed by atoms with Crippen molar-refractivity contribution in [3.05, 3.63) is 70.5 Å². The van der Waals surface area contributed by atoms with Crippen molar-refractivity contribution in [2.45, 2.75) is 6.42 Å². The number of ether oxygens (including phenoxy) is 1. The molecule has 1 heterocycles. The summed E-state index contributed by atoms with van der Waals surface area (Å²) in [6, 6.07) is 14.1. The summed E-state index contributed by atoms with van der Waals surface area (Å²) in [4.78, 5) is 20.7. The maximum atomic E-state index is 11.7. The second-order valence-corrected chi connectivity index (χ2v) is 5.77. The maximum Gasteiger partial charge on any atom is 0.311 e. The molecule has 0 radical (unpaired) electrons. The van der Waals surface area contributed by atoms with E-state index in [2.05, 4.69) is 9.97 Å². The Morgan fingerprint density at radius 1 is 1.12 bits per heavy atom. The first-order valence-corrected chi connectivity index (χ1v) is 7.93. The monoisotopic (exact) mass is 354 g/mol. The Kier molecular flexibility index (Phi) is 4.95. The van der Waals surface area contributed by atoms with Gasteiger partial charge in [-0.15, -0.1) is 0 Å². The first-order chi connectivity index (χ1) is 12.1. The smallest absolute Gasteiger partial charge is 0.311 e. The number of fused-ring (bicyclic) bond motifs is 1. The van der Waals surface area contributed by atoms with Crippen LogP contribution in [0.2, 0.25) is 5.02 Å². The van der Waals surface area contributed by atoms with Crippen LogP contribution in [0.5, 0.6) is 0 Å². The number of hydrogen-bond donors (Lipinski definition) is 1. The van der Waals surface area contributed by atoms with Gasteiger partial charge in [-0.25, -0.2) is 9.97 Å². The minimum Gasteiger partial charge on any atom is -0.507 e. The minimum absolute atomic E-state index is 0.00682. The summed E-state index contributed by atoms with van der Waals surface area (Å²) in [5.74, 6) is -0.419. The van der Waals surface area contributed by atoms with Crippen molar-refractivity contribution in [2.75, 3.05) is 7.11 Å².